The van der Waals surface area contributed by atoms with Gasteiger partial charge in [0.25, 0.3) is 0 Å². The van der Waals surface area contributed by atoms with Crippen molar-refractivity contribution >= 4 is 16.3 Å². The van der Waals surface area contributed by atoms with Gasteiger partial charge in [0.05, 0.1) is 10.7 Å². The molecule has 0 aliphatic carbocycles. The Kier molecular flexibility index (Phi) is 2.26. The van der Waals surface area contributed by atoms with Gasteiger partial charge in [0.15, 0.2) is 0 Å². The van der Waals surface area contributed by atoms with Gasteiger partial charge in [-0.05, 0) is 14.0 Å². The van der Waals surface area contributed by atoms with E-state index in [1.807, 2.05) is 0 Å². The molecule has 1 aromatic rings. The highest BCUT2D eigenvalue weighted by Crippen LogP contribution is 2.29. The van der Waals surface area contributed by atoms with Crippen LogP contribution in [0.2, 0.25) is 0 Å². The van der Waals surface area contributed by atoms with E-state index in [0.717, 1.165) is 19.6 Å². The quantitative estimate of drug-likeness (QED) is 0.625. The fourth-order valence-corrected chi connectivity index (χ4v) is 2.53. The zero-order valence-corrected chi connectivity index (χ0v) is 9.19. The molecular formula is C9H15N3S. The maximum Gasteiger partial charge on any atom is 0.116 e. The molecule has 0 bridgehead atoms. The summed E-state index contributed by atoms with van der Waals surface area (Å²) in [6.07, 6.45) is 0. The summed E-state index contributed by atoms with van der Waals surface area (Å²) in [6, 6.07) is 0. The van der Waals surface area contributed by atoms with Crippen molar-refractivity contribution in [2.75, 3.05) is 32.1 Å². The van der Waals surface area contributed by atoms with Crippen molar-refractivity contribution in [3.63, 3.8) is 0 Å². The smallest absolute Gasteiger partial charge is 0.116 e. The highest BCUT2D eigenvalue weighted by atomic mass is 32.1. The van der Waals surface area contributed by atoms with Crippen LogP contribution in [-0.2, 0) is 6.54 Å². The van der Waals surface area contributed by atoms with E-state index in [2.05, 4.69) is 35.8 Å². The average Bonchev–Trinajstić information content (AvgIpc) is 2.37. The molecule has 4 heteroatoms. The van der Waals surface area contributed by atoms with Gasteiger partial charge in [0.1, 0.15) is 5.00 Å². The first-order valence-corrected chi connectivity index (χ1v) is 5.34. The van der Waals surface area contributed by atoms with E-state index in [0.29, 0.717) is 0 Å². The van der Waals surface area contributed by atoms with Crippen LogP contribution in [0, 0.1) is 6.92 Å². The Balaban J connectivity index is 2.36. The minimum absolute atomic E-state index is 0.990. The molecule has 0 amide bonds. The number of hydrogen-bond acceptors (Lipinski definition) is 4. The number of aromatic nitrogens is 1. The predicted octanol–water partition coefficient (Wildman–Crippen LogP) is 1.33. The van der Waals surface area contributed by atoms with Crippen LogP contribution in [0.5, 0.6) is 0 Å². The van der Waals surface area contributed by atoms with Gasteiger partial charge < -0.3 is 4.90 Å². The zero-order chi connectivity index (χ0) is 9.42. The third-order valence-corrected chi connectivity index (χ3v) is 3.49. The van der Waals surface area contributed by atoms with Gasteiger partial charge in [-0.3, -0.25) is 4.90 Å². The Labute approximate surface area is 83.0 Å². The lowest BCUT2D eigenvalue weighted by molar-refractivity contribution is 0.339. The Morgan fingerprint density at radius 2 is 2.08 bits per heavy atom. The fourth-order valence-electron chi connectivity index (χ4n) is 1.62. The Morgan fingerprint density at radius 3 is 2.85 bits per heavy atom. The van der Waals surface area contributed by atoms with Crippen LogP contribution in [0.15, 0.2) is 0 Å². The molecule has 2 rings (SSSR count). The molecule has 2 heterocycles. The number of likely N-dealkylation sites (N-methyl/N-ethyl adjacent to an activating group) is 2. The minimum Gasteiger partial charge on any atom is -0.364 e. The molecule has 0 saturated carbocycles. The van der Waals surface area contributed by atoms with Crippen molar-refractivity contribution in [3.8, 4) is 0 Å². The molecule has 0 atom stereocenters. The second-order valence-electron chi connectivity index (χ2n) is 3.64. The first-order chi connectivity index (χ1) is 6.16. The third kappa shape index (κ3) is 1.69. The van der Waals surface area contributed by atoms with Crippen LogP contribution in [-0.4, -0.2) is 37.1 Å². The van der Waals surface area contributed by atoms with E-state index < -0.39 is 0 Å². The normalized spacial score (nSPS) is 18.5. The van der Waals surface area contributed by atoms with E-state index in [4.69, 9.17) is 0 Å². The lowest BCUT2D eigenvalue weighted by atomic mass is 10.4. The zero-order valence-electron chi connectivity index (χ0n) is 8.37. The molecule has 0 spiro atoms. The van der Waals surface area contributed by atoms with E-state index in [9.17, 15) is 0 Å². The molecule has 0 aromatic carbocycles. The van der Waals surface area contributed by atoms with Gasteiger partial charge in [-0.1, -0.05) is 0 Å². The maximum absolute atomic E-state index is 4.55. The van der Waals surface area contributed by atoms with Crippen LogP contribution < -0.4 is 4.90 Å². The Bertz CT molecular complexity index is 308. The lowest BCUT2D eigenvalue weighted by Gasteiger charge is -2.15. The predicted molar refractivity (Wildman–Crippen MR) is 56.5 cm³/mol. The van der Waals surface area contributed by atoms with E-state index >= 15 is 0 Å². The molecule has 0 unspecified atom stereocenters. The number of anilines is 1. The van der Waals surface area contributed by atoms with Crippen LogP contribution in [0.25, 0.3) is 0 Å². The number of hydrogen-bond donors (Lipinski definition) is 0. The first-order valence-electron chi connectivity index (χ1n) is 4.53. The van der Waals surface area contributed by atoms with Gasteiger partial charge in [0.2, 0.25) is 0 Å². The summed E-state index contributed by atoms with van der Waals surface area (Å²) in [5.74, 6) is 0. The summed E-state index contributed by atoms with van der Waals surface area (Å²) in [4.78, 5) is 9.18. The van der Waals surface area contributed by atoms with Crippen molar-refractivity contribution < 1.29 is 0 Å². The monoisotopic (exact) mass is 197 g/mol. The topological polar surface area (TPSA) is 19.4 Å². The van der Waals surface area contributed by atoms with Crippen molar-refractivity contribution in [2.45, 2.75) is 13.5 Å². The first kappa shape index (κ1) is 8.97. The van der Waals surface area contributed by atoms with Crippen LogP contribution in [0.1, 0.15) is 10.7 Å². The molecule has 13 heavy (non-hydrogen) atoms. The van der Waals surface area contributed by atoms with Crippen molar-refractivity contribution in [1.29, 1.82) is 0 Å². The van der Waals surface area contributed by atoms with Crippen LogP contribution in [0.3, 0.4) is 0 Å². The molecule has 72 valence electrons. The molecule has 1 aliphatic rings. The van der Waals surface area contributed by atoms with Crippen LogP contribution in [0.4, 0.5) is 5.00 Å². The summed E-state index contributed by atoms with van der Waals surface area (Å²) >= 11 is 1.80. The molecular weight excluding hydrogens is 182 g/mol. The average molecular weight is 197 g/mol. The van der Waals surface area contributed by atoms with Crippen molar-refractivity contribution in [2.24, 2.45) is 0 Å². The second kappa shape index (κ2) is 3.27. The van der Waals surface area contributed by atoms with Gasteiger partial charge in [0, 0.05) is 26.7 Å². The largest absolute Gasteiger partial charge is 0.364 e. The Morgan fingerprint density at radius 1 is 1.31 bits per heavy atom. The molecule has 0 radical (unpaired) electrons. The summed E-state index contributed by atoms with van der Waals surface area (Å²) in [5, 5.41) is 2.52. The highest BCUT2D eigenvalue weighted by Gasteiger charge is 2.18. The number of fused-ring (bicyclic) bond motifs is 1. The summed E-state index contributed by atoms with van der Waals surface area (Å²) in [5.41, 5.74) is 1.24. The molecule has 0 saturated heterocycles. The molecule has 1 aliphatic heterocycles. The SMILES string of the molecule is Cc1nc2c(s1)N(C)CCN(C)C2. The standard InChI is InChI=1S/C9H15N3S/c1-7-10-8-6-11(2)4-5-12(3)9(8)13-7/h4-6H2,1-3H3. The highest BCUT2D eigenvalue weighted by molar-refractivity contribution is 7.15. The van der Waals surface area contributed by atoms with Crippen molar-refractivity contribution in [3.05, 3.63) is 10.7 Å². The number of thiazole rings is 1. The summed E-state index contributed by atoms with van der Waals surface area (Å²) in [7, 11) is 4.30. The van der Waals surface area contributed by atoms with Crippen molar-refractivity contribution in [1.82, 2.24) is 9.88 Å². The minimum atomic E-state index is 0.990. The Hall–Kier alpha value is -0.610. The molecule has 1 aromatic heterocycles. The van der Waals surface area contributed by atoms with Gasteiger partial charge in [-0.2, -0.15) is 0 Å². The second-order valence-corrected chi connectivity index (χ2v) is 4.83. The maximum atomic E-state index is 4.55. The van der Waals surface area contributed by atoms with E-state index in [-0.39, 0.29) is 0 Å². The fraction of sp³-hybridized carbons (Fsp3) is 0.667. The summed E-state index contributed by atoms with van der Waals surface area (Å²) in [6.45, 7) is 5.29. The van der Waals surface area contributed by atoms with E-state index in [1.165, 1.54) is 15.7 Å². The molecule has 0 fully saturated rings. The number of rotatable bonds is 0. The molecule has 3 nitrogen and oxygen atoms in total. The summed E-state index contributed by atoms with van der Waals surface area (Å²) < 4.78 is 0. The van der Waals surface area contributed by atoms with Gasteiger partial charge >= 0.3 is 0 Å². The number of aryl methyl sites for hydroxylation is 1. The lowest BCUT2D eigenvalue weighted by Crippen LogP contribution is -2.26. The van der Waals surface area contributed by atoms with Crippen LogP contribution >= 0.6 is 11.3 Å². The molecule has 0 N–H and O–H groups in total. The van der Waals surface area contributed by atoms with Gasteiger partial charge in [-0.15, -0.1) is 11.3 Å². The van der Waals surface area contributed by atoms with Gasteiger partial charge in [-0.25, -0.2) is 4.98 Å². The van der Waals surface area contributed by atoms with E-state index in [1.54, 1.807) is 11.3 Å². The number of nitrogens with zero attached hydrogens (tertiary/aromatic N) is 3. The third-order valence-electron chi connectivity index (χ3n) is 2.37.